The molecule has 0 radical (unpaired) electrons. The van der Waals surface area contributed by atoms with Gasteiger partial charge in [-0.1, -0.05) is 18.2 Å². The molecule has 2 aromatic rings. The lowest BCUT2D eigenvalue weighted by Gasteiger charge is -2.25. The van der Waals surface area contributed by atoms with Crippen LogP contribution in [0.5, 0.6) is 5.75 Å². The van der Waals surface area contributed by atoms with Gasteiger partial charge in [-0.05, 0) is 44.2 Å². The Hall–Kier alpha value is -2.65. The molecule has 2 aromatic carbocycles. The van der Waals surface area contributed by atoms with Gasteiger partial charge in [0.1, 0.15) is 16.5 Å². The molecule has 9 heteroatoms. The first-order chi connectivity index (χ1) is 13.7. The number of hydrogen-bond donors (Lipinski definition) is 1. The lowest BCUT2D eigenvalue weighted by Crippen LogP contribution is -2.44. The number of nitrogens with one attached hydrogen (secondary N) is 1. The summed E-state index contributed by atoms with van der Waals surface area (Å²) in [6, 6.07) is 10.5. The normalized spacial score (nSPS) is 11.3. The fourth-order valence-corrected chi connectivity index (χ4v) is 3.45. The van der Waals surface area contributed by atoms with Crippen LogP contribution in [0.25, 0.3) is 0 Å². The molecular weight excluding hydrogens is 399 g/mol. The summed E-state index contributed by atoms with van der Waals surface area (Å²) in [6.45, 7) is 4.45. The minimum atomic E-state index is -4.16. The highest BCUT2D eigenvalue weighted by molar-refractivity contribution is 7.87. The molecule has 1 N–H and O–H groups in total. The van der Waals surface area contributed by atoms with Gasteiger partial charge in [0.2, 0.25) is 0 Å². The van der Waals surface area contributed by atoms with E-state index in [0.29, 0.717) is 18.7 Å². The van der Waals surface area contributed by atoms with Gasteiger partial charge >= 0.3 is 16.1 Å². The fourth-order valence-electron chi connectivity index (χ4n) is 2.48. The van der Waals surface area contributed by atoms with Crippen molar-refractivity contribution in [2.24, 2.45) is 0 Å². The van der Waals surface area contributed by atoms with E-state index in [0.717, 1.165) is 24.3 Å². The minimum Gasteiger partial charge on any atom is -0.383 e. The quantitative estimate of drug-likeness (QED) is 0.625. The number of ether oxygens (including phenoxy) is 1. The van der Waals surface area contributed by atoms with Gasteiger partial charge in [-0.15, -0.1) is 0 Å². The van der Waals surface area contributed by atoms with Crippen LogP contribution in [0.1, 0.15) is 19.4 Å². The number of benzene rings is 2. The van der Waals surface area contributed by atoms with Crippen molar-refractivity contribution >= 4 is 16.1 Å². The Morgan fingerprint density at radius 2 is 1.79 bits per heavy atom. The summed E-state index contributed by atoms with van der Waals surface area (Å²) in [5.41, 5.74) is 0.508. The minimum absolute atomic E-state index is 0.0575. The third kappa shape index (κ3) is 6.72. The lowest BCUT2D eigenvalue weighted by atomic mass is 10.2. The molecule has 0 aliphatic carbocycles. The van der Waals surface area contributed by atoms with Crippen LogP contribution in [-0.2, 0) is 21.4 Å². The predicted molar refractivity (Wildman–Crippen MR) is 107 cm³/mol. The topological polar surface area (TPSA) is 84.9 Å². The van der Waals surface area contributed by atoms with E-state index in [2.05, 4.69) is 5.32 Å². The smallest absolute Gasteiger partial charge is 0.339 e. The summed E-state index contributed by atoms with van der Waals surface area (Å²) in [5, 5.41) is 2.81. The first-order valence-corrected chi connectivity index (χ1v) is 10.5. The predicted octanol–water partition coefficient (Wildman–Crippen LogP) is 3.16. The summed E-state index contributed by atoms with van der Waals surface area (Å²) in [4.78, 5) is 13.8. The van der Waals surface area contributed by atoms with Crippen molar-refractivity contribution in [1.29, 1.82) is 0 Å². The Kier molecular flexibility index (Phi) is 7.98. The molecule has 7 nitrogen and oxygen atoms in total. The monoisotopic (exact) mass is 424 g/mol. The van der Waals surface area contributed by atoms with E-state index in [4.69, 9.17) is 8.92 Å². The summed E-state index contributed by atoms with van der Waals surface area (Å²) in [7, 11) is -2.62. The van der Waals surface area contributed by atoms with E-state index >= 15 is 0 Å². The third-order valence-electron chi connectivity index (χ3n) is 3.90. The van der Waals surface area contributed by atoms with E-state index in [1.807, 2.05) is 13.8 Å². The maximum Gasteiger partial charge on any atom is 0.339 e. The Bertz CT molecular complexity index is 917. The van der Waals surface area contributed by atoms with Crippen LogP contribution >= 0.6 is 0 Å². The zero-order valence-corrected chi connectivity index (χ0v) is 17.4. The highest BCUT2D eigenvalue weighted by Gasteiger charge is 2.21. The standard InChI is InChI=1S/C20H25FN2O5S/c1-15(2)22-20(24)23(12-13-27-3)14-16-6-4-5-7-19(16)28-29(25,26)18-10-8-17(21)9-11-18/h4-11,15H,12-14H2,1-3H3,(H,22,24). The molecule has 0 saturated heterocycles. The maximum atomic E-state index is 13.1. The molecule has 0 heterocycles. The number of urea groups is 1. The van der Waals surface area contributed by atoms with E-state index in [9.17, 15) is 17.6 Å². The average Bonchev–Trinajstić information content (AvgIpc) is 2.66. The van der Waals surface area contributed by atoms with Crippen molar-refractivity contribution in [1.82, 2.24) is 10.2 Å². The van der Waals surface area contributed by atoms with Gasteiger partial charge in [-0.2, -0.15) is 8.42 Å². The number of methoxy groups -OCH3 is 1. The summed E-state index contributed by atoms with van der Waals surface area (Å²) >= 11 is 0. The largest absolute Gasteiger partial charge is 0.383 e. The molecule has 0 aromatic heterocycles. The molecule has 0 saturated carbocycles. The van der Waals surface area contributed by atoms with Gasteiger partial charge in [-0.3, -0.25) is 0 Å². The summed E-state index contributed by atoms with van der Waals surface area (Å²) in [5.74, 6) is -0.453. The van der Waals surface area contributed by atoms with Gasteiger partial charge in [0.05, 0.1) is 13.2 Å². The van der Waals surface area contributed by atoms with E-state index in [1.165, 1.54) is 18.1 Å². The van der Waals surface area contributed by atoms with E-state index in [1.54, 1.807) is 18.2 Å². The SMILES string of the molecule is COCCN(Cc1ccccc1OS(=O)(=O)c1ccc(F)cc1)C(=O)NC(C)C. The van der Waals surface area contributed by atoms with Crippen LogP contribution in [0, 0.1) is 5.82 Å². The Morgan fingerprint density at radius 3 is 2.41 bits per heavy atom. The van der Waals surface area contributed by atoms with Crippen molar-refractivity contribution in [3.8, 4) is 5.75 Å². The Labute approximate surface area is 170 Å². The molecule has 0 spiro atoms. The van der Waals surface area contributed by atoms with Crippen LogP contribution in [0.4, 0.5) is 9.18 Å². The van der Waals surface area contributed by atoms with Gasteiger partial charge in [0.25, 0.3) is 0 Å². The molecule has 2 rings (SSSR count). The highest BCUT2D eigenvalue weighted by atomic mass is 32.2. The number of rotatable bonds is 9. The number of halogens is 1. The summed E-state index contributed by atoms with van der Waals surface area (Å²) in [6.07, 6.45) is 0. The number of carbonyl (C=O) groups excluding carboxylic acids is 1. The molecule has 0 bridgehead atoms. The van der Waals surface area contributed by atoms with Gasteiger partial charge in [0, 0.05) is 25.3 Å². The second-order valence-electron chi connectivity index (χ2n) is 6.62. The fraction of sp³-hybridized carbons (Fsp3) is 0.350. The van der Waals surface area contributed by atoms with Crippen LogP contribution in [0.15, 0.2) is 53.4 Å². The Morgan fingerprint density at radius 1 is 1.14 bits per heavy atom. The van der Waals surface area contributed by atoms with Crippen LogP contribution in [-0.4, -0.2) is 45.7 Å². The molecular formula is C20H25FN2O5S. The van der Waals surface area contributed by atoms with Gasteiger partial charge in [-0.25, -0.2) is 9.18 Å². The molecule has 2 amide bonds. The van der Waals surface area contributed by atoms with Crippen LogP contribution in [0.3, 0.4) is 0 Å². The molecule has 0 fully saturated rings. The van der Waals surface area contributed by atoms with E-state index in [-0.39, 0.29) is 29.3 Å². The number of amides is 2. The second kappa shape index (κ2) is 10.2. The molecule has 29 heavy (non-hydrogen) atoms. The number of para-hydroxylation sites is 1. The average molecular weight is 424 g/mol. The molecule has 0 unspecified atom stereocenters. The Balaban J connectivity index is 2.26. The second-order valence-corrected chi connectivity index (χ2v) is 8.16. The van der Waals surface area contributed by atoms with Crippen LogP contribution in [0.2, 0.25) is 0 Å². The zero-order chi connectivity index (χ0) is 21.4. The first-order valence-electron chi connectivity index (χ1n) is 9.05. The van der Waals surface area contributed by atoms with E-state index < -0.39 is 15.9 Å². The van der Waals surface area contributed by atoms with Crippen molar-refractivity contribution in [2.75, 3.05) is 20.3 Å². The van der Waals surface area contributed by atoms with Crippen LogP contribution < -0.4 is 9.50 Å². The zero-order valence-electron chi connectivity index (χ0n) is 16.6. The van der Waals surface area contributed by atoms with Crippen molar-refractivity contribution < 1.29 is 26.5 Å². The van der Waals surface area contributed by atoms with Crippen molar-refractivity contribution in [3.63, 3.8) is 0 Å². The number of nitrogens with zero attached hydrogens (tertiary/aromatic N) is 1. The number of carbonyl (C=O) groups is 1. The van der Waals surface area contributed by atoms with Crippen molar-refractivity contribution in [2.45, 2.75) is 31.3 Å². The highest BCUT2D eigenvalue weighted by Crippen LogP contribution is 2.24. The third-order valence-corrected chi connectivity index (χ3v) is 5.15. The molecule has 0 aliphatic heterocycles. The summed E-state index contributed by atoms with van der Waals surface area (Å²) < 4.78 is 48.5. The molecule has 158 valence electrons. The maximum absolute atomic E-state index is 13.1. The lowest BCUT2D eigenvalue weighted by molar-refractivity contribution is 0.145. The van der Waals surface area contributed by atoms with Gasteiger partial charge < -0.3 is 19.1 Å². The van der Waals surface area contributed by atoms with Crippen molar-refractivity contribution in [3.05, 3.63) is 59.9 Å². The number of hydrogen-bond acceptors (Lipinski definition) is 5. The van der Waals surface area contributed by atoms with Gasteiger partial charge in [0.15, 0.2) is 0 Å². The molecule has 0 aliphatic rings. The first kappa shape index (κ1) is 22.6. The molecule has 0 atom stereocenters.